The second-order valence-electron chi connectivity index (χ2n) is 6.08. The maximum absolute atomic E-state index is 12.2. The Bertz CT molecular complexity index is 886. The van der Waals surface area contributed by atoms with E-state index in [9.17, 15) is 10.1 Å². The van der Waals surface area contributed by atoms with E-state index in [0.29, 0.717) is 23.0 Å². The molecule has 0 fully saturated rings. The van der Waals surface area contributed by atoms with Gasteiger partial charge in [-0.3, -0.25) is 4.79 Å². The maximum Gasteiger partial charge on any atom is 0.225 e. The van der Waals surface area contributed by atoms with Crippen molar-refractivity contribution in [2.24, 2.45) is 0 Å². The molecule has 0 bridgehead atoms. The van der Waals surface area contributed by atoms with E-state index >= 15 is 0 Å². The first-order valence-corrected chi connectivity index (χ1v) is 10.4. The molecule has 1 N–H and O–H groups in total. The summed E-state index contributed by atoms with van der Waals surface area (Å²) in [6.45, 7) is 2.54. The van der Waals surface area contributed by atoms with E-state index in [-0.39, 0.29) is 18.2 Å². The highest BCUT2D eigenvalue weighted by Crippen LogP contribution is 2.37. The summed E-state index contributed by atoms with van der Waals surface area (Å²) in [5, 5.41) is 13.3. The molecule has 1 amide bonds. The molecule has 1 heterocycles. The van der Waals surface area contributed by atoms with Gasteiger partial charge in [-0.25, -0.2) is 0 Å². The molecule has 0 aliphatic carbocycles. The summed E-state index contributed by atoms with van der Waals surface area (Å²) in [5.74, 6) is 1.18. The second-order valence-corrected chi connectivity index (χ2v) is 7.98. The number of benzene rings is 2. The van der Waals surface area contributed by atoms with E-state index in [0.717, 1.165) is 21.3 Å². The number of carbonyl (C=O) groups is 1. The smallest absolute Gasteiger partial charge is 0.225 e. The molecular weight excluding hydrogens is 424 g/mol. The highest BCUT2D eigenvalue weighted by molar-refractivity contribution is 9.10. The van der Waals surface area contributed by atoms with Crippen molar-refractivity contribution in [2.45, 2.75) is 25.0 Å². The molecule has 0 aromatic heterocycles. The Morgan fingerprint density at radius 1 is 1.22 bits per heavy atom. The van der Waals surface area contributed by atoms with Crippen LogP contribution in [0.2, 0.25) is 0 Å². The van der Waals surface area contributed by atoms with Gasteiger partial charge in [0.05, 0.1) is 23.3 Å². The first kappa shape index (κ1) is 19.5. The van der Waals surface area contributed by atoms with E-state index in [1.807, 2.05) is 55.5 Å². The fourth-order valence-corrected chi connectivity index (χ4v) is 4.21. The zero-order valence-electron chi connectivity index (χ0n) is 14.9. The second kappa shape index (κ2) is 9.12. The highest BCUT2D eigenvalue weighted by Gasteiger charge is 2.29. The van der Waals surface area contributed by atoms with Crippen LogP contribution in [0.3, 0.4) is 0 Å². The molecule has 2 aromatic carbocycles. The number of hydrogen-bond donors (Lipinski definition) is 1. The fourth-order valence-electron chi connectivity index (χ4n) is 2.92. The zero-order chi connectivity index (χ0) is 19.2. The summed E-state index contributed by atoms with van der Waals surface area (Å²) in [7, 11) is 0. The zero-order valence-corrected chi connectivity index (χ0v) is 17.3. The molecule has 6 heteroatoms. The average molecular weight is 443 g/mol. The van der Waals surface area contributed by atoms with Gasteiger partial charge in [0.25, 0.3) is 0 Å². The van der Waals surface area contributed by atoms with Gasteiger partial charge >= 0.3 is 0 Å². The number of nitrogens with zero attached hydrogens (tertiary/aromatic N) is 1. The van der Waals surface area contributed by atoms with Crippen LogP contribution in [0.15, 0.2) is 63.6 Å². The number of nitrogens with one attached hydrogen (secondary N) is 1. The quantitative estimate of drug-likeness (QED) is 0.673. The predicted octanol–water partition coefficient (Wildman–Crippen LogP) is 5.12. The average Bonchev–Trinajstić information content (AvgIpc) is 2.68. The monoisotopic (exact) mass is 442 g/mol. The summed E-state index contributed by atoms with van der Waals surface area (Å²) >= 11 is 4.91. The molecular formula is C21H19BrN2O2S. The molecule has 0 saturated heterocycles. The van der Waals surface area contributed by atoms with Crippen LogP contribution >= 0.6 is 27.7 Å². The van der Waals surface area contributed by atoms with Gasteiger partial charge in [-0.05, 0) is 42.3 Å². The maximum atomic E-state index is 12.2. The van der Waals surface area contributed by atoms with Crippen LogP contribution in [0, 0.1) is 11.3 Å². The summed E-state index contributed by atoms with van der Waals surface area (Å²) in [5.41, 5.74) is 2.69. The van der Waals surface area contributed by atoms with Crippen molar-refractivity contribution in [3.63, 3.8) is 0 Å². The van der Waals surface area contributed by atoms with Crippen LogP contribution in [-0.2, 0) is 10.5 Å². The lowest BCUT2D eigenvalue weighted by atomic mass is 9.87. The number of hydrogen-bond acceptors (Lipinski definition) is 4. The molecule has 1 atom stereocenters. The number of halogens is 1. The number of allylic oxidation sites excluding steroid dienone is 1. The molecule has 2 aromatic rings. The van der Waals surface area contributed by atoms with Crippen molar-refractivity contribution < 1.29 is 9.53 Å². The number of rotatable bonds is 6. The Morgan fingerprint density at radius 3 is 2.56 bits per heavy atom. The Labute approximate surface area is 171 Å². The van der Waals surface area contributed by atoms with Crippen molar-refractivity contribution in [1.29, 1.82) is 5.26 Å². The van der Waals surface area contributed by atoms with Crippen molar-refractivity contribution >= 4 is 33.6 Å². The minimum Gasteiger partial charge on any atom is -0.494 e. The third-order valence-corrected chi connectivity index (χ3v) is 5.86. The normalized spacial score (nSPS) is 16.6. The van der Waals surface area contributed by atoms with Gasteiger partial charge in [-0.15, -0.1) is 11.8 Å². The SMILES string of the molecule is CCOc1ccc([C@@H]2CC(=O)NC(SCc3ccc(Br)cc3)=C2C#N)cc1. The molecule has 138 valence electrons. The number of carbonyl (C=O) groups excluding carboxylic acids is 1. The van der Waals surface area contributed by atoms with Crippen LogP contribution in [0.5, 0.6) is 5.75 Å². The molecule has 0 saturated carbocycles. The summed E-state index contributed by atoms with van der Waals surface area (Å²) in [6.07, 6.45) is 0.277. The first-order valence-electron chi connectivity index (χ1n) is 8.64. The van der Waals surface area contributed by atoms with E-state index < -0.39 is 0 Å². The molecule has 1 aliphatic rings. The molecule has 27 heavy (non-hydrogen) atoms. The number of amides is 1. The molecule has 0 radical (unpaired) electrons. The minimum absolute atomic E-state index is 0.0637. The van der Waals surface area contributed by atoms with E-state index in [4.69, 9.17) is 4.74 Å². The number of nitriles is 1. The molecule has 0 unspecified atom stereocenters. The summed E-state index contributed by atoms with van der Waals surface area (Å²) in [6, 6.07) is 18.0. The van der Waals surface area contributed by atoms with E-state index in [1.54, 1.807) is 0 Å². The van der Waals surface area contributed by atoms with Gasteiger partial charge in [-0.1, -0.05) is 40.2 Å². The van der Waals surface area contributed by atoms with Crippen molar-refractivity contribution in [1.82, 2.24) is 5.32 Å². The standard InChI is InChI=1S/C21H19BrN2O2S/c1-2-26-17-9-5-15(6-10-17)18-11-20(25)24-21(19(18)12-23)27-13-14-3-7-16(22)8-4-14/h3-10,18H,2,11,13H2,1H3,(H,24,25)/t18-/m0/s1. The van der Waals surface area contributed by atoms with Gasteiger partial charge in [-0.2, -0.15) is 5.26 Å². The van der Waals surface area contributed by atoms with Gasteiger partial charge in [0.15, 0.2) is 0 Å². The lowest BCUT2D eigenvalue weighted by Crippen LogP contribution is -2.30. The van der Waals surface area contributed by atoms with Crippen molar-refractivity contribution in [3.05, 3.63) is 74.7 Å². The molecule has 3 rings (SSSR count). The largest absolute Gasteiger partial charge is 0.494 e. The van der Waals surface area contributed by atoms with E-state index in [1.165, 1.54) is 11.8 Å². The topological polar surface area (TPSA) is 62.1 Å². The summed E-state index contributed by atoms with van der Waals surface area (Å²) in [4.78, 5) is 12.2. The molecule has 1 aliphatic heterocycles. The third-order valence-electron chi connectivity index (χ3n) is 4.25. The van der Waals surface area contributed by atoms with Crippen LogP contribution in [0.25, 0.3) is 0 Å². The number of ether oxygens (including phenoxy) is 1. The van der Waals surface area contributed by atoms with Gasteiger partial charge in [0.2, 0.25) is 5.91 Å². The van der Waals surface area contributed by atoms with Crippen LogP contribution in [-0.4, -0.2) is 12.5 Å². The van der Waals surface area contributed by atoms with Crippen molar-refractivity contribution in [2.75, 3.05) is 6.61 Å². The van der Waals surface area contributed by atoms with Gasteiger partial charge < -0.3 is 10.1 Å². The summed E-state index contributed by atoms with van der Waals surface area (Å²) < 4.78 is 6.50. The van der Waals surface area contributed by atoms with Crippen LogP contribution in [0.1, 0.15) is 30.4 Å². The molecule has 4 nitrogen and oxygen atoms in total. The Kier molecular flexibility index (Phi) is 6.59. The highest BCUT2D eigenvalue weighted by atomic mass is 79.9. The first-order chi connectivity index (χ1) is 13.1. The van der Waals surface area contributed by atoms with Gasteiger partial charge in [0.1, 0.15) is 5.75 Å². The lowest BCUT2D eigenvalue weighted by molar-refractivity contribution is -0.120. The Balaban J connectivity index is 1.83. The number of thioether (sulfide) groups is 1. The third kappa shape index (κ3) is 4.94. The van der Waals surface area contributed by atoms with Crippen LogP contribution < -0.4 is 10.1 Å². The Morgan fingerprint density at radius 2 is 1.93 bits per heavy atom. The van der Waals surface area contributed by atoms with Gasteiger partial charge in [0, 0.05) is 22.6 Å². The predicted molar refractivity (Wildman–Crippen MR) is 111 cm³/mol. The Hall–Kier alpha value is -2.23. The lowest BCUT2D eigenvalue weighted by Gasteiger charge is -2.25. The van der Waals surface area contributed by atoms with E-state index in [2.05, 4.69) is 27.3 Å². The van der Waals surface area contributed by atoms with Crippen LogP contribution in [0.4, 0.5) is 0 Å². The molecule has 0 spiro atoms. The minimum atomic E-state index is -0.230. The fraction of sp³-hybridized carbons (Fsp3) is 0.238. The van der Waals surface area contributed by atoms with Crippen molar-refractivity contribution in [3.8, 4) is 11.8 Å².